The fraction of sp³-hybridized carbons (Fsp3) is 0.500. The summed E-state index contributed by atoms with van der Waals surface area (Å²) in [7, 11) is 0. The van der Waals surface area contributed by atoms with Crippen molar-refractivity contribution in [1.29, 1.82) is 0 Å². The molecule has 1 aromatic carbocycles. The molecule has 2 saturated heterocycles. The Hall–Kier alpha value is -2.29. The first-order chi connectivity index (χ1) is 11.8. The molecule has 6 nitrogen and oxygen atoms in total. The second kappa shape index (κ2) is 6.55. The molecule has 0 unspecified atom stereocenters. The minimum Gasteiger partial charge on any atom is -0.481 e. The second-order valence-electron chi connectivity index (χ2n) is 6.04. The molecule has 0 radical (unpaired) electrons. The number of benzene rings is 1. The van der Waals surface area contributed by atoms with Gasteiger partial charge in [0.15, 0.2) is 0 Å². The zero-order valence-corrected chi connectivity index (χ0v) is 13.3. The molecule has 1 N–H and O–H groups in total. The van der Waals surface area contributed by atoms with Gasteiger partial charge in [0.2, 0.25) is 5.91 Å². The summed E-state index contributed by atoms with van der Waals surface area (Å²) in [6, 6.07) is 3.24. The number of carbonyl (C=O) groups excluding carboxylic acids is 1. The monoisotopic (exact) mass is 358 g/mol. The molecule has 2 fully saturated rings. The molecule has 25 heavy (non-hydrogen) atoms. The lowest BCUT2D eigenvalue weighted by molar-refractivity contribution is -0.141. The van der Waals surface area contributed by atoms with E-state index in [-0.39, 0.29) is 18.7 Å². The topological polar surface area (TPSA) is 70.1 Å². The van der Waals surface area contributed by atoms with Crippen LogP contribution < -0.4 is 9.80 Å². The third kappa shape index (κ3) is 3.55. The van der Waals surface area contributed by atoms with Gasteiger partial charge in [0.05, 0.1) is 36.1 Å². The molecule has 2 aliphatic rings. The minimum absolute atomic E-state index is 0.102. The van der Waals surface area contributed by atoms with Crippen molar-refractivity contribution in [3.05, 3.63) is 23.8 Å². The van der Waals surface area contributed by atoms with Crippen LogP contribution >= 0.6 is 0 Å². The van der Waals surface area contributed by atoms with Crippen LogP contribution in [0.4, 0.5) is 24.5 Å². The van der Waals surface area contributed by atoms with Crippen LogP contribution in [0.25, 0.3) is 0 Å². The van der Waals surface area contributed by atoms with Crippen molar-refractivity contribution in [2.45, 2.75) is 12.6 Å². The largest absolute Gasteiger partial charge is 0.481 e. The molecule has 3 rings (SSSR count). The number of carboxylic acid groups (broad SMARTS) is 1. The predicted octanol–water partition coefficient (Wildman–Crippen LogP) is 1.98. The number of halogens is 3. The zero-order valence-electron chi connectivity index (χ0n) is 13.3. The number of aliphatic carboxylic acids is 1. The van der Waals surface area contributed by atoms with Gasteiger partial charge in [-0.2, -0.15) is 13.2 Å². The molecule has 2 heterocycles. The Morgan fingerprint density at radius 1 is 1.20 bits per heavy atom. The maximum atomic E-state index is 13.1. The third-order valence-corrected chi connectivity index (χ3v) is 4.42. The van der Waals surface area contributed by atoms with Crippen LogP contribution in [0.5, 0.6) is 0 Å². The first-order valence-electron chi connectivity index (χ1n) is 7.84. The van der Waals surface area contributed by atoms with E-state index in [1.54, 1.807) is 0 Å². The molecule has 2 aliphatic heterocycles. The molecule has 1 aromatic rings. The standard InChI is InChI=1S/C16H17F3N2O4/c17-16(18,19)11-1-2-12(20-3-5-25-6-4-20)13(8-11)21-9-10(15(23)24)7-14(21)22/h1-2,8,10H,3-7,9H2,(H,23,24)/t10-/m0/s1. The van der Waals surface area contributed by atoms with Crippen LogP contribution in [0, 0.1) is 5.92 Å². The van der Waals surface area contributed by atoms with Crippen molar-refractivity contribution >= 4 is 23.3 Å². The van der Waals surface area contributed by atoms with Crippen molar-refractivity contribution in [3.63, 3.8) is 0 Å². The lowest BCUT2D eigenvalue weighted by Crippen LogP contribution is -2.38. The number of carboxylic acids is 1. The highest BCUT2D eigenvalue weighted by atomic mass is 19.4. The molecular weight excluding hydrogens is 341 g/mol. The number of alkyl halides is 3. The maximum absolute atomic E-state index is 13.1. The number of rotatable bonds is 3. The van der Waals surface area contributed by atoms with Crippen molar-refractivity contribution in [2.75, 3.05) is 42.6 Å². The predicted molar refractivity (Wildman–Crippen MR) is 82.6 cm³/mol. The quantitative estimate of drug-likeness (QED) is 0.895. The van der Waals surface area contributed by atoms with E-state index in [0.29, 0.717) is 32.0 Å². The van der Waals surface area contributed by atoms with Crippen LogP contribution in [0.3, 0.4) is 0 Å². The molecule has 0 aliphatic carbocycles. The average Bonchev–Trinajstić information content (AvgIpc) is 2.96. The summed E-state index contributed by atoms with van der Waals surface area (Å²) in [4.78, 5) is 26.4. The van der Waals surface area contributed by atoms with Gasteiger partial charge >= 0.3 is 12.1 Å². The Labute approximate surface area is 141 Å². The second-order valence-corrected chi connectivity index (χ2v) is 6.04. The molecule has 9 heteroatoms. The number of amides is 1. The van der Waals surface area contributed by atoms with E-state index in [9.17, 15) is 22.8 Å². The van der Waals surface area contributed by atoms with Crippen LogP contribution in [-0.2, 0) is 20.5 Å². The fourth-order valence-corrected chi connectivity index (χ4v) is 3.09. The van der Waals surface area contributed by atoms with E-state index in [0.717, 1.165) is 17.0 Å². The van der Waals surface area contributed by atoms with Gasteiger partial charge in [0.1, 0.15) is 0 Å². The molecule has 0 bridgehead atoms. The summed E-state index contributed by atoms with van der Waals surface area (Å²) >= 11 is 0. The van der Waals surface area contributed by atoms with Crippen LogP contribution in [-0.4, -0.2) is 49.8 Å². The zero-order chi connectivity index (χ0) is 18.2. The van der Waals surface area contributed by atoms with Crippen molar-refractivity contribution < 1.29 is 32.6 Å². The number of ether oxygens (including phenoxy) is 1. The maximum Gasteiger partial charge on any atom is 0.416 e. The summed E-state index contributed by atoms with van der Waals surface area (Å²) < 4.78 is 44.6. The molecule has 1 atom stereocenters. The summed E-state index contributed by atoms with van der Waals surface area (Å²) in [6.45, 7) is 1.72. The van der Waals surface area contributed by atoms with Crippen molar-refractivity contribution in [2.24, 2.45) is 5.92 Å². The van der Waals surface area contributed by atoms with Crippen molar-refractivity contribution in [1.82, 2.24) is 0 Å². The van der Waals surface area contributed by atoms with E-state index in [1.165, 1.54) is 6.07 Å². The van der Waals surface area contributed by atoms with Gasteiger partial charge < -0.3 is 19.6 Å². The van der Waals surface area contributed by atoms with Crippen LogP contribution in [0.2, 0.25) is 0 Å². The first-order valence-corrected chi connectivity index (χ1v) is 7.84. The third-order valence-electron chi connectivity index (χ3n) is 4.42. The SMILES string of the molecule is O=C(O)[C@H]1CC(=O)N(c2cc(C(F)(F)F)ccc2N2CCOCC2)C1. The number of anilines is 2. The van der Waals surface area contributed by atoms with Crippen LogP contribution in [0.1, 0.15) is 12.0 Å². The van der Waals surface area contributed by atoms with E-state index >= 15 is 0 Å². The molecule has 0 saturated carbocycles. The van der Waals surface area contributed by atoms with Crippen LogP contribution in [0.15, 0.2) is 18.2 Å². The highest BCUT2D eigenvalue weighted by molar-refractivity contribution is 6.01. The highest BCUT2D eigenvalue weighted by Crippen LogP contribution is 2.39. The Morgan fingerprint density at radius 3 is 2.44 bits per heavy atom. The average molecular weight is 358 g/mol. The molecule has 0 spiro atoms. The Bertz CT molecular complexity index is 686. The lowest BCUT2D eigenvalue weighted by Gasteiger charge is -2.33. The molecular formula is C16H17F3N2O4. The summed E-state index contributed by atoms with van der Waals surface area (Å²) in [6.07, 6.45) is -4.76. The first kappa shape index (κ1) is 17.5. The van der Waals surface area contributed by atoms with E-state index in [4.69, 9.17) is 9.84 Å². The minimum atomic E-state index is -4.55. The van der Waals surface area contributed by atoms with Crippen molar-refractivity contribution in [3.8, 4) is 0 Å². The summed E-state index contributed by atoms with van der Waals surface area (Å²) in [5.41, 5.74) is -0.285. The summed E-state index contributed by atoms with van der Waals surface area (Å²) in [5, 5.41) is 9.11. The summed E-state index contributed by atoms with van der Waals surface area (Å²) in [5.74, 6) is -2.53. The molecule has 136 valence electrons. The number of hydrogen-bond acceptors (Lipinski definition) is 4. The van der Waals surface area contributed by atoms with Gasteiger partial charge in [0, 0.05) is 26.1 Å². The van der Waals surface area contributed by atoms with Gasteiger partial charge in [-0.05, 0) is 18.2 Å². The van der Waals surface area contributed by atoms with Gasteiger partial charge in [-0.25, -0.2) is 0 Å². The number of hydrogen-bond donors (Lipinski definition) is 1. The lowest BCUT2D eigenvalue weighted by atomic mass is 10.1. The van der Waals surface area contributed by atoms with Gasteiger partial charge in [0.25, 0.3) is 0 Å². The molecule has 1 amide bonds. The normalized spacial score (nSPS) is 21.7. The van der Waals surface area contributed by atoms with Gasteiger partial charge in [-0.15, -0.1) is 0 Å². The van der Waals surface area contributed by atoms with E-state index in [1.807, 2.05) is 4.90 Å². The number of nitrogens with zero attached hydrogens (tertiary/aromatic N) is 2. The molecule has 0 aromatic heterocycles. The smallest absolute Gasteiger partial charge is 0.416 e. The highest BCUT2D eigenvalue weighted by Gasteiger charge is 2.38. The Balaban J connectivity index is 2.01. The fourth-order valence-electron chi connectivity index (χ4n) is 3.09. The number of morpholine rings is 1. The van der Waals surface area contributed by atoms with Gasteiger partial charge in [-0.1, -0.05) is 0 Å². The van der Waals surface area contributed by atoms with Gasteiger partial charge in [-0.3, -0.25) is 9.59 Å². The van der Waals surface area contributed by atoms with E-state index in [2.05, 4.69) is 0 Å². The Kier molecular flexibility index (Phi) is 4.59. The van der Waals surface area contributed by atoms with E-state index < -0.39 is 29.5 Å². The number of carbonyl (C=O) groups is 2. The Morgan fingerprint density at radius 2 is 1.88 bits per heavy atom.